The highest BCUT2D eigenvalue weighted by Crippen LogP contribution is 2.23. The van der Waals surface area contributed by atoms with Crippen molar-refractivity contribution < 1.29 is 4.74 Å². The van der Waals surface area contributed by atoms with Crippen molar-refractivity contribution >= 4 is 17.3 Å². The second-order valence-corrected chi connectivity index (χ2v) is 4.16. The molecule has 0 saturated carbocycles. The maximum absolute atomic E-state index is 5.93. The number of para-hydroxylation sites is 1. The molecule has 1 heterocycles. The lowest BCUT2D eigenvalue weighted by Gasteiger charge is -2.34. The van der Waals surface area contributed by atoms with Crippen molar-refractivity contribution in [3.05, 3.63) is 29.8 Å². The molecule has 82 valence electrons. The van der Waals surface area contributed by atoms with E-state index in [1.807, 2.05) is 6.07 Å². The van der Waals surface area contributed by atoms with E-state index in [0.29, 0.717) is 12.0 Å². The van der Waals surface area contributed by atoms with Gasteiger partial charge in [0.25, 0.3) is 0 Å². The molecule has 1 unspecified atom stereocenters. The summed E-state index contributed by atoms with van der Waals surface area (Å²) in [5.41, 5.74) is 2.45. The van der Waals surface area contributed by atoms with E-state index in [-0.39, 0.29) is 0 Å². The van der Waals surface area contributed by atoms with Crippen LogP contribution in [0, 0.1) is 0 Å². The Balaban J connectivity index is 2.20. The first-order valence-corrected chi connectivity index (χ1v) is 5.85. The van der Waals surface area contributed by atoms with Gasteiger partial charge in [0.1, 0.15) is 0 Å². The van der Waals surface area contributed by atoms with Crippen LogP contribution in [0.5, 0.6) is 0 Å². The minimum Gasteiger partial charge on any atom is -0.375 e. The molecule has 0 aliphatic carbocycles. The van der Waals surface area contributed by atoms with Crippen LogP contribution in [-0.2, 0) is 10.6 Å². The van der Waals surface area contributed by atoms with Crippen LogP contribution in [0.4, 0.5) is 5.69 Å². The first kappa shape index (κ1) is 10.8. The lowest BCUT2D eigenvalue weighted by molar-refractivity contribution is 0.0532. The van der Waals surface area contributed by atoms with Crippen molar-refractivity contribution in [1.29, 1.82) is 0 Å². The number of hydrogen-bond acceptors (Lipinski definition) is 2. The number of hydrogen-bond donors (Lipinski definition) is 0. The van der Waals surface area contributed by atoms with Gasteiger partial charge in [-0.2, -0.15) is 0 Å². The zero-order valence-electron chi connectivity index (χ0n) is 8.95. The minimum absolute atomic E-state index is 0.308. The van der Waals surface area contributed by atoms with Gasteiger partial charge in [0.2, 0.25) is 0 Å². The Morgan fingerprint density at radius 1 is 1.47 bits per heavy atom. The van der Waals surface area contributed by atoms with Crippen molar-refractivity contribution in [1.82, 2.24) is 0 Å². The van der Waals surface area contributed by atoms with Gasteiger partial charge in [-0.3, -0.25) is 0 Å². The van der Waals surface area contributed by atoms with Crippen molar-refractivity contribution in [2.75, 3.05) is 24.6 Å². The molecule has 0 radical (unpaired) electrons. The van der Waals surface area contributed by atoms with Crippen LogP contribution in [0.15, 0.2) is 24.3 Å². The van der Waals surface area contributed by atoms with Gasteiger partial charge < -0.3 is 9.64 Å². The van der Waals surface area contributed by atoms with Gasteiger partial charge in [-0.15, -0.1) is 11.6 Å². The zero-order valence-corrected chi connectivity index (χ0v) is 9.70. The van der Waals surface area contributed by atoms with Gasteiger partial charge in [0.15, 0.2) is 0 Å². The Morgan fingerprint density at radius 3 is 3.00 bits per heavy atom. The third-order valence-electron chi connectivity index (χ3n) is 2.72. The minimum atomic E-state index is 0.308. The van der Waals surface area contributed by atoms with Crippen LogP contribution in [0.2, 0.25) is 0 Å². The van der Waals surface area contributed by atoms with Crippen molar-refractivity contribution in [3.63, 3.8) is 0 Å². The van der Waals surface area contributed by atoms with Gasteiger partial charge in [-0.05, 0) is 18.6 Å². The fourth-order valence-corrected chi connectivity index (χ4v) is 2.20. The second-order valence-electron chi connectivity index (χ2n) is 3.89. The van der Waals surface area contributed by atoms with Gasteiger partial charge in [0.05, 0.1) is 12.7 Å². The summed E-state index contributed by atoms with van der Waals surface area (Å²) in [4.78, 5) is 2.35. The number of nitrogens with zero attached hydrogens (tertiary/aromatic N) is 1. The van der Waals surface area contributed by atoms with Gasteiger partial charge in [-0.25, -0.2) is 0 Å². The third-order valence-corrected chi connectivity index (χ3v) is 3.01. The van der Waals surface area contributed by atoms with Gasteiger partial charge in [0, 0.05) is 24.7 Å². The molecular weight excluding hydrogens is 210 g/mol. The monoisotopic (exact) mass is 225 g/mol. The molecule has 0 bridgehead atoms. The highest BCUT2D eigenvalue weighted by molar-refractivity contribution is 6.17. The Kier molecular flexibility index (Phi) is 3.49. The molecule has 1 aliphatic heterocycles. The lowest BCUT2D eigenvalue weighted by atomic mass is 10.1. The number of alkyl halides is 1. The largest absolute Gasteiger partial charge is 0.375 e. The molecule has 1 aromatic rings. The normalized spacial score (nSPS) is 21.7. The van der Waals surface area contributed by atoms with Crippen LogP contribution in [-0.4, -0.2) is 25.8 Å². The highest BCUT2D eigenvalue weighted by atomic mass is 35.5. The van der Waals surface area contributed by atoms with E-state index in [2.05, 4.69) is 30.0 Å². The zero-order chi connectivity index (χ0) is 10.7. The number of rotatable bonds is 2. The summed E-state index contributed by atoms with van der Waals surface area (Å²) in [6.07, 6.45) is 0.308. The van der Waals surface area contributed by atoms with Crippen molar-refractivity contribution in [3.8, 4) is 0 Å². The van der Waals surface area contributed by atoms with E-state index < -0.39 is 0 Å². The van der Waals surface area contributed by atoms with Crippen LogP contribution in [0.3, 0.4) is 0 Å². The summed E-state index contributed by atoms with van der Waals surface area (Å²) in [5, 5.41) is 0. The van der Waals surface area contributed by atoms with Gasteiger partial charge in [-0.1, -0.05) is 18.2 Å². The van der Waals surface area contributed by atoms with E-state index in [1.165, 1.54) is 11.3 Å². The fourth-order valence-electron chi connectivity index (χ4n) is 1.97. The van der Waals surface area contributed by atoms with Gasteiger partial charge >= 0.3 is 0 Å². The molecule has 15 heavy (non-hydrogen) atoms. The summed E-state index contributed by atoms with van der Waals surface area (Å²) in [7, 11) is 0. The summed E-state index contributed by atoms with van der Waals surface area (Å²) in [6, 6.07) is 8.31. The molecule has 1 atom stereocenters. The average Bonchev–Trinajstić information content (AvgIpc) is 2.29. The molecule has 2 rings (SSSR count). The SMILES string of the molecule is CC1CN(c2ccccc2CCl)CCO1. The van der Waals surface area contributed by atoms with Crippen LogP contribution >= 0.6 is 11.6 Å². The Bertz CT molecular complexity index is 329. The quantitative estimate of drug-likeness (QED) is 0.718. The summed E-state index contributed by atoms with van der Waals surface area (Å²) >= 11 is 5.93. The van der Waals surface area contributed by atoms with E-state index in [0.717, 1.165) is 19.7 Å². The topological polar surface area (TPSA) is 12.5 Å². The highest BCUT2D eigenvalue weighted by Gasteiger charge is 2.18. The molecule has 2 nitrogen and oxygen atoms in total. The van der Waals surface area contributed by atoms with Crippen LogP contribution in [0.25, 0.3) is 0 Å². The first-order chi connectivity index (χ1) is 7.31. The van der Waals surface area contributed by atoms with E-state index in [9.17, 15) is 0 Å². The van der Waals surface area contributed by atoms with E-state index in [4.69, 9.17) is 16.3 Å². The molecule has 0 spiro atoms. The van der Waals surface area contributed by atoms with Crippen molar-refractivity contribution in [2.24, 2.45) is 0 Å². The Hall–Kier alpha value is -0.730. The molecule has 1 fully saturated rings. The standard InChI is InChI=1S/C12H16ClNO/c1-10-9-14(6-7-15-10)12-5-3-2-4-11(12)8-13/h2-5,10H,6-9H2,1H3. The maximum atomic E-state index is 5.93. The number of anilines is 1. The predicted molar refractivity (Wildman–Crippen MR) is 63.6 cm³/mol. The van der Waals surface area contributed by atoms with Crippen molar-refractivity contribution in [2.45, 2.75) is 18.9 Å². The van der Waals surface area contributed by atoms with Crippen LogP contribution in [0.1, 0.15) is 12.5 Å². The third kappa shape index (κ3) is 2.44. The number of halogens is 1. The molecule has 0 N–H and O–H groups in total. The fraction of sp³-hybridized carbons (Fsp3) is 0.500. The number of ether oxygens (including phenoxy) is 1. The average molecular weight is 226 g/mol. The number of benzene rings is 1. The smallest absolute Gasteiger partial charge is 0.0722 e. The van der Waals surface area contributed by atoms with Crippen LogP contribution < -0.4 is 4.90 Å². The molecule has 0 amide bonds. The molecule has 3 heteroatoms. The maximum Gasteiger partial charge on any atom is 0.0722 e. The molecular formula is C12H16ClNO. The molecule has 0 aromatic heterocycles. The summed E-state index contributed by atoms with van der Waals surface area (Å²) in [5.74, 6) is 0.571. The lowest BCUT2D eigenvalue weighted by Crippen LogP contribution is -2.41. The van der Waals surface area contributed by atoms with E-state index >= 15 is 0 Å². The second kappa shape index (κ2) is 4.86. The Labute approximate surface area is 95.8 Å². The Morgan fingerprint density at radius 2 is 2.27 bits per heavy atom. The first-order valence-electron chi connectivity index (χ1n) is 5.31. The number of morpholine rings is 1. The molecule has 1 saturated heterocycles. The van der Waals surface area contributed by atoms with E-state index in [1.54, 1.807) is 0 Å². The molecule has 1 aliphatic rings. The molecule has 1 aromatic carbocycles. The predicted octanol–water partition coefficient (Wildman–Crippen LogP) is 2.65. The summed E-state index contributed by atoms with van der Waals surface area (Å²) < 4.78 is 5.53. The summed E-state index contributed by atoms with van der Waals surface area (Å²) in [6.45, 7) is 4.82.